The molecular weight excluding hydrogens is 551 g/mol. The molecule has 1 fully saturated rings. The zero-order chi connectivity index (χ0) is 28.2. The van der Waals surface area contributed by atoms with E-state index in [1.54, 1.807) is 53.4 Å². The zero-order valence-electron chi connectivity index (χ0n) is 20.9. The maximum absolute atomic E-state index is 13.6. The smallest absolute Gasteiger partial charge is 0.416 e. The van der Waals surface area contributed by atoms with Gasteiger partial charge in [0.1, 0.15) is 11.8 Å². The van der Waals surface area contributed by atoms with Gasteiger partial charge in [-0.25, -0.2) is 0 Å². The number of ether oxygens (including phenoxy) is 1. The molecule has 11 heteroatoms. The summed E-state index contributed by atoms with van der Waals surface area (Å²) in [6, 6.07) is 17.0. The van der Waals surface area contributed by atoms with Crippen LogP contribution in [-0.2, 0) is 22.3 Å². The van der Waals surface area contributed by atoms with E-state index in [9.17, 15) is 22.8 Å². The van der Waals surface area contributed by atoms with E-state index in [2.05, 4.69) is 5.32 Å². The molecule has 1 atom stereocenters. The predicted molar refractivity (Wildman–Crippen MR) is 148 cm³/mol. The summed E-state index contributed by atoms with van der Waals surface area (Å²) in [7, 11) is 0. The van der Waals surface area contributed by atoms with Gasteiger partial charge in [0, 0.05) is 17.3 Å². The maximum atomic E-state index is 13.6. The van der Waals surface area contributed by atoms with E-state index in [-0.39, 0.29) is 23.8 Å². The highest BCUT2D eigenvalue weighted by Crippen LogP contribution is 2.34. The number of rotatable bonds is 9. The largest absolute Gasteiger partial charge is 0.494 e. The summed E-state index contributed by atoms with van der Waals surface area (Å²) in [5, 5.41) is 3.29. The number of nitrogens with one attached hydrogen (secondary N) is 1. The van der Waals surface area contributed by atoms with E-state index >= 15 is 0 Å². The number of alkyl halides is 3. The van der Waals surface area contributed by atoms with Gasteiger partial charge in [0.2, 0.25) is 5.91 Å². The maximum Gasteiger partial charge on any atom is 0.416 e. The Bertz CT molecular complexity index is 1350. The Morgan fingerprint density at radius 2 is 1.77 bits per heavy atom. The number of amides is 2. The first kappa shape index (κ1) is 28.4. The van der Waals surface area contributed by atoms with Crippen LogP contribution in [-0.4, -0.2) is 34.5 Å². The van der Waals surface area contributed by atoms with Gasteiger partial charge in [-0.15, -0.1) is 0 Å². The molecule has 1 saturated heterocycles. The Morgan fingerprint density at radius 1 is 1.08 bits per heavy atom. The Morgan fingerprint density at radius 3 is 2.41 bits per heavy atom. The molecule has 3 aromatic carbocycles. The Balaban J connectivity index is 1.58. The van der Waals surface area contributed by atoms with Crippen LogP contribution in [0.25, 0.3) is 0 Å². The van der Waals surface area contributed by atoms with Gasteiger partial charge < -0.3 is 15.0 Å². The second kappa shape index (κ2) is 12.0. The minimum atomic E-state index is -4.60. The number of carbonyl (C=O) groups excluding carboxylic acids is 2. The molecule has 2 amide bonds. The van der Waals surface area contributed by atoms with Gasteiger partial charge in [0.05, 0.1) is 24.3 Å². The fourth-order valence-corrected chi connectivity index (χ4v) is 4.61. The summed E-state index contributed by atoms with van der Waals surface area (Å²) in [5.74, 6) is -0.380. The van der Waals surface area contributed by atoms with Crippen LogP contribution in [0.3, 0.4) is 0 Å². The van der Waals surface area contributed by atoms with Gasteiger partial charge in [-0.3, -0.25) is 14.5 Å². The Kier molecular flexibility index (Phi) is 8.76. The lowest BCUT2D eigenvalue weighted by molar-refractivity contribution is -0.137. The van der Waals surface area contributed by atoms with Crippen molar-refractivity contribution in [2.45, 2.75) is 38.5 Å². The summed E-state index contributed by atoms with van der Waals surface area (Å²) in [4.78, 5) is 29.2. The number of halogens is 4. The van der Waals surface area contributed by atoms with Gasteiger partial charge in [-0.1, -0.05) is 36.7 Å². The third kappa shape index (κ3) is 6.88. The van der Waals surface area contributed by atoms with Crippen LogP contribution in [0.4, 0.5) is 24.5 Å². The fraction of sp³-hybridized carbons (Fsp3) is 0.250. The number of carbonyl (C=O) groups is 2. The van der Waals surface area contributed by atoms with Gasteiger partial charge in [0.15, 0.2) is 5.11 Å². The molecule has 0 radical (unpaired) electrons. The van der Waals surface area contributed by atoms with Gasteiger partial charge in [-0.2, -0.15) is 13.2 Å². The van der Waals surface area contributed by atoms with Crippen molar-refractivity contribution in [2.24, 2.45) is 0 Å². The van der Waals surface area contributed by atoms with Crippen LogP contribution in [0.1, 0.15) is 30.9 Å². The van der Waals surface area contributed by atoms with Crippen LogP contribution < -0.4 is 15.0 Å². The second-order valence-electron chi connectivity index (χ2n) is 8.90. The number of nitrogens with zero attached hydrogens (tertiary/aromatic N) is 2. The molecule has 0 aliphatic carbocycles. The molecule has 39 heavy (non-hydrogen) atoms. The van der Waals surface area contributed by atoms with Crippen molar-refractivity contribution >= 4 is 52.1 Å². The molecule has 204 valence electrons. The van der Waals surface area contributed by atoms with Gasteiger partial charge >= 0.3 is 6.18 Å². The minimum absolute atomic E-state index is 0.00417. The third-order valence-electron chi connectivity index (χ3n) is 6.01. The molecule has 1 heterocycles. The highest BCUT2D eigenvalue weighted by atomic mass is 35.5. The molecule has 3 aromatic rings. The first-order chi connectivity index (χ1) is 18.6. The summed E-state index contributed by atoms with van der Waals surface area (Å²) in [6.45, 7) is 2.72. The Labute approximate surface area is 234 Å². The minimum Gasteiger partial charge on any atom is -0.494 e. The molecule has 4 rings (SSSR count). The lowest BCUT2D eigenvalue weighted by Crippen LogP contribution is -2.37. The van der Waals surface area contributed by atoms with Crippen LogP contribution >= 0.6 is 23.8 Å². The van der Waals surface area contributed by atoms with Crippen LogP contribution in [0.2, 0.25) is 5.02 Å². The molecule has 1 unspecified atom stereocenters. The van der Waals surface area contributed by atoms with Crippen molar-refractivity contribution in [3.63, 3.8) is 0 Å². The third-order valence-corrected chi connectivity index (χ3v) is 6.68. The van der Waals surface area contributed by atoms with E-state index in [1.165, 1.54) is 12.1 Å². The topological polar surface area (TPSA) is 61.9 Å². The molecule has 0 saturated carbocycles. The van der Waals surface area contributed by atoms with Crippen LogP contribution in [0, 0.1) is 0 Å². The first-order valence-electron chi connectivity index (χ1n) is 12.2. The fourth-order valence-electron chi connectivity index (χ4n) is 4.10. The van der Waals surface area contributed by atoms with E-state index in [0.29, 0.717) is 23.1 Å². The average molecular weight is 576 g/mol. The van der Waals surface area contributed by atoms with Crippen molar-refractivity contribution < 1.29 is 27.5 Å². The number of thiocarbonyl (C=S) groups is 1. The van der Waals surface area contributed by atoms with Crippen LogP contribution in [0.5, 0.6) is 5.75 Å². The normalized spacial score (nSPS) is 15.6. The molecule has 6 nitrogen and oxygen atoms in total. The summed E-state index contributed by atoms with van der Waals surface area (Å²) >= 11 is 11.6. The van der Waals surface area contributed by atoms with Crippen molar-refractivity contribution in [3.05, 3.63) is 88.9 Å². The average Bonchev–Trinajstić information content (AvgIpc) is 3.13. The predicted octanol–water partition coefficient (Wildman–Crippen LogP) is 6.68. The molecule has 0 aromatic heterocycles. The number of hydrogen-bond acceptors (Lipinski definition) is 4. The van der Waals surface area contributed by atoms with Crippen molar-refractivity contribution in [2.75, 3.05) is 16.8 Å². The zero-order valence-corrected chi connectivity index (χ0v) is 22.4. The Hall–Kier alpha value is -3.63. The standard InChI is InChI=1S/C28H25ClF3N3O3S/c1-2-14-38-23-12-10-21(11-13-23)33-25(36)16-24-26(37)35(22-5-3-4-19(15-22)28(30,31)32)27(39)34(24)17-18-6-8-20(29)9-7-18/h3-13,15,24H,2,14,16-17H2,1H3,(H,33,36). The molecule has 0 bridgehead atoms. The van der Waals surface area contributed by atoms with Gasteiger partial charge in [-0.05, 0) is 78.8 Å². The SMILES string of the molecule is CCCOc1ccc(NC(=O)CC2C(=O)N(c3cccc(C(F)(F)F)c3)C(=S)N2Cc2ccc(Cl)cc2)cc1. The van der Waals surface area contributed by atoms with E-state index in [4.69, 9.17) is 28.6 Å². The quantitative estimate of drug-likeness (QED) is 0.288. The molecule has 1 aliphatic heterocycles. The van der Waals surface area contributed by atoms with Crippen molar-refractivity contribution in [1.29, 1.82) is 0 Å². The van der Waals surface area contributed by atoms with E-state index < -0.39 is 29.6 Å². The monoisotopic (exact) mass is 575 g/mol. The van der Waals surface area contributed by atoms with Crippen molar-refractivity contribution in [1.82, 2.24) is 4.90 Å². The lowest BCUT2D eigenvalue weighted by atomic mass is 10.1. The molecular formula is C28H25ClF3N3O3S. The van der Waals surface area contributed by atoms with E-state index in [1.807, 2.05) is 6.92 Å². The summed E-state index contributed by atoms with van der Waals surface area (Å²) < 4.78 is 45.7. The molecule has 1 aliphatic rings. The van der Waals surface area contributed by atoms with E-state index in [0.717, 1.165) is 29.0 Å². The summed E-state index contributed by atoms with van der Waals surface area (Å²) in [6.07, 6.45) is -4.00. The van der Waals surface area contributed by atoms with Crippen molar-refractivity contribution in [3.8, 4) is 5.75 Å². The molecule has 1 N–H and O–H groups in total. The first-order valence-corrected chi connectivity index (χ1v) is 12.9. The lowest BCUT2D eigenvalue weighted by Gasteiger charge is -2.24. The van der Waals surface area contributed by atoms with Crippen LogP contribution in [0.15, 0.2) is 72.8 Å². The number of hydrogen-bond donors (Lipinski definition) is 1. The highest BCUT2D eigenvalue weighted by Gasteiger charge is 2.44. The molecule has 0 spiro atoms. The number of benzene rings is 3. The summed E-state index contributed by atoms with van der Waals surface area (Å²) in [5.41, 5.74) is 0.336. The number of anilines is 2. The van der Waals surface area contributed by atoms with Gasteiger partial charge in [0.25, 0.3) is 5.91 Å². The highest BCUT2D eigenvalue weighted by molar-refractivity contribution is 7.80. The second-order valence-corrected chi connectivity index (χ2v) is 9.70.